The molecule has 0 unspecified atom stereocenters. The van der Waals surface area contributed by atoms with Gasteiger partial charge in [-0.15, -0.1) is 0 Å². The van der Waals surface area contributed by atoms with Crippen molar-refractivity contribution in [2.75, 3.05) is 12.4 Å². The Morgan fingerprint density at radius 2 is 2.16 bits per heavy atom. The summed E-state index contributed by atoms with van der Waals surface area (Å²) in [6, 6.07) is 3.00. The maximum Gasteiger partial charge on any atom is 0.340 e. The summed E-state index contributed by atoms with van der Waals surface area (Å²) in [7, 11) is 0. The molecule has 0 aromatic carbocycles. The number of aromatic nitrogens is 1. The number of urea groups is 1. The van der Waals surface area contributed by atoms with Crippen LogP contribution in [0.3, 0.4) is 0 Å². The van der Waals surface area contributed by atoms with Crippen molar-refractivity contribution in [1.82, 2.24) is 15.6 Å². The van der Waals surface area contributed by atoms with Gasteiger partial charge in [-0.25, -0.2) is 14.6 Å². The lowest BCUT2D eigenvalue weighted by Crippen LogP contribution is -2.41. The van der Waals surface area contributed by atoms with Crippen LogP contribution in [0.2, 0.25) is 0 Å². The third kappa shape index (κ3) is 5.46. The molecule has 0 aliphatic heterocycles. The fraction of sp³-hybridized carbons (Fsp3) is 0.438. The van der Waals surface area contributed by atoms with Crippen LogP contribution in [-0.2, 0) is 9.53 Å². The molecule has 0 radical (unpaired) electrons. The molecule has 25 heavy (non-hydrogen) atoms. The Morgan fingerprint density at radius 1 is 1.44 bits per heavy atom. The number of amides is 3. The first-order valence-electron chi connectivity index (χ1n) is 7.76. The molecular weight excluding hydrogens is 344 g/mol. The number of esters is 1. The molecule has 0 saturated heterocycles. The van der Waals surface area contributed by atoms with Crippen molar-refractivity contribution in [2.45, 2.75) is 37.8 Å². The zero-order chi connectivity index (χ0) is 18.4. The van der Waals surface area contributed by atoms with E-state index in [0.29, 0.717) is 10.7 Å². The van der Waals surface area contributed by atoms with Crippen molar-refractivity contribution < 1.29 is 19.1 Å². The van der Waals surface area contributed by atoms with Gasteiger partial charge in [0.2, 0.25) is 5.91 Å². The fourth-order valence-corrected chi connectivity index (χ4v) is 2.74. The Bertz CT molecular complexity index is 740. The summed E-state index contributed by atoms with van der Waals surface area (Å²) in [4.78, 5) is 39.4. The highest BCUT2D eigenvalue weighted by Crippen LogP contribution is 2.23. The zero-order valence-corrected chi connectivity index (χ0v) is 14.7. The van der Waals surface area contributed by atoms with E-state index >= 15 is 0 Å². The summed E-state index contributed by atoms with van der Waals surface area (Å²) in [5, 5.41) is 14.4. The fourth-order valence-electron chi connectivity index (χ4n) is 1.93. The number of pyridine rings is 1. The Hall–Kier alpha value is -2.60. The lowest BCUT2D eigenvalue weighted by molar-refractivity contribution is -0.117. The Kier molecular flexibility index (Phi) is 6.36. The molecule has 9 heteroatoms. The van der Waals surface area contributed by atoms with Crippen molar-refractivity contribution in [2.24, 2.45) is 0 Å². The van der Waals surface area contributed by atoms with Gasteiger partial charge in [-0.05, 0) is 32.8 Å². The number of rotatable bonds is 6. The van der Waals surface area contributed by atoms with Crippen molar-refractivity contribution in [3.63, 3.8) is 0 Å². The lowest BCUT2D eigenvalue weighted by Gasteiger charge is -2.09. The van der Waals surface area contributed by atoms with Gasteiger partial charge in [0.15, 0.2) is 0 Å². The second-order valence-corrected chi connectivity index (χ2v) is 6.35. The summed E-state index contributed by atoms with van der Waals surface area (Å²) in [6.45, 7) is 3.54. The third-order valence-corrected chi connectivity index (χ3v) is 4.29. The first-order valence-corrected chi connectivity index (χ1v) is 8.75. The van der Waals surface area contributed by atoms with Crippen LogP contribution in [0.5, 0.6) is 0 Å². The van der Waals surface area contributed by atoms with Crippen LogP contribution >= 0.6 is 11.8 Å². The molecule has 1 aromatic heterocycles. The normalized spacial score (nSPS) is 12.8. The van der Waals surface area contributed by atoms with Gasteiger partial charge in [0, 0.05) is 6.04 Å². The maximum absolute atomic E-state index is 11.8. The van der Waals surface area contributed by atoms with E-state index in [1.165, 1.54) is 6.07 Å². The van der Waals surface area contributed by atoms with E-state index in [1.807, 2.05) is 6.07 Å². The summed E-state index contributed by atoms with van der Waals surface area (Å²) < 4.78 is 4.92. The average molecular weight is 362 g/mol. The molecule has 1 aromatic rings. The highest BCUT2D eigenvalue weighted by atomic mass is 32.2. The predicted molar refractivity (Wildman–Crippen MR) is 90.1 cm³/mol. The Labute approximate surface area is 149 Å². The van der Waals surface area contributed by atoms with E-state index in [9.17, 15) is 19.6 Å². The van der Waals surface area contributed by atoms with Crippen molar-refractivity contribution in [3.8, 4) is 6.07 Å². The molecule has 1 aliphatic carbocycles. The van der Waals surface area contributed by atoms with Gasteiger partial charge in [0.05, 0.1) is 29.2 Å². The van der Waals surface area contributed by atoms with Crippen molar-refractivity contribution in [3.05, 3.63) is 22.9 Å². The minimum atomic E-state index is -0.546. The molecule has 1 fully saturated rings. The van der Waals surface area contributed by atoms with E-state index in [2.05, 4.69) is 15.6 Å². The first-order chi connectivity index (χ1) is 11.9. The molecular formula is C16H18N4O4S. The Balaban J connectivity index is 1.99. The smallest absolute Gasteiger partial charge is 0.340 e. The topological polar surface area (TPSA) is 121 Å². The number of ether oxygens (including phenoxy) is 1. The van der Waals surface area contributed by atoms with E-state index in [1.54, 1.807) is 13.8 Å². The second-order valence-electron chi connectivity index (χ2n) is 5.39. The third-order valence-electron chi connectivity index (χ3n) is 3.30. The van der Waals surface area contributed by atoms with Crippen LogP contribution in [0.4, 0.5) is 4.79 Å². The van der Waals surface area contributed by atoms with Crippen LogP contribution in [0, 0.1) is 18.3 Å². The summed E-state index contributed by atoms with van der Waals surface area (Å²) >= 11 is 1.03. The van der Waals surface area contributed by atoms with Gasteiger partial charge in [0.1, 0.15) is 11.1 Å². The molecule has 0 bridgehead atoms. The van der Waals surface area contributed by atoms with Crippen LogP contribution in [0.15, 0.2) is 11.1 Å². The van der Waals surface area contributed by atoms with Crippen molar-refractivity contribution >= 4 is 29.7 Å². The van der Waals surface area contributed by atoms with Gasteiger partial charge < -0.3 is 10.1 Å². The van der Waals surface area contributed by atoms with Gasteiger partial charge in [-0.1, -0.05) is 11.8 Å². The van der Waals surface area contributed by atoms with Gasteiger partial charge in [0.25, 0.3) is 0 Å². The number of aryl methyl sites for hydroxylation is 1. The SMILES string of the molecule is CCOC(=O)c1cc(C#N)c(SCC(=O)NC(=O)NC2CC2)nc1C. The van der Waals surface area contributed by atoms with Crippen LogP contribution in [0.25, 0.3) is 0 Å². The number of thioether (sulfide) groups is 1. The first kappa shape index (κ1) is 18.7. The van der Waals surface area contributed by atoms with E-state index in [0.717, 1.165) is 24.6 Å². The van der Waals surface area contributed by atoms with Gasteiger partial charge >= 0.3 is 12.0 Å². The standard InChI is InChI=1S/C16H18N4O4S/c1-3-24-15(22)12-6-10(7-17)14(18-9(12)2)25-8-13(21)20-16(23)19-11-4-5-11/h6,11H,3-5,8H2,1-2H3,(H2,19,20,21,23). The minimum absolute atomic E-state index is 0.0715. The highest BCUT2D eigenvalue weighted by Gasteiger charge is 2.24. The van der Waals surface area contributed by atoms with Crippen LogP contribution in [-0.4, -0.2) is 41.3 Å². The highest BCUT2D eigenvalue weighted by molar-refractivity contribution is 8.00. The Morgan fingerprint density at radius 3 is 2.76 bits per heavy atom. The summed E-state index contributed by atoms with van der Waals surface area (Å²) in [6.07, 6.45) is 1.86. The van der Waals surface area contributed by atoms with E-state index in [-0.39, 0.29) is 29.5 Å². The molecule has 0 spiro atoms. The number of carbonyl (C=O) groups is 3. The van der Waals surface area contributed by atoms with Gasteiger partial charge in [-0.2, -0.15) is 5.26 Å². The molecule has 2 rings (SSSR count). The van der Waals surface area contributed by atoms with Gasteiger partial charge in [-0.3, -0.25) is 10.1 Å². The molecule has 3 amide bonds. The summed E-state index contributed by atoms with van der Waals surface area (Å²) in [5.74, 6) is -1.10. The molecule has 2 N–H and O–H groups in total. The number of hydrogen-bond acceptors (Lipinski definition) is 7. The molecule has 8 nitrogen and oxygen atoms in total. The number of imide groups is 1. The molecule has 0 atom stereocenters. The molecule has 132 valence electrons. The predicted octanol–water partition coefficient (Wildman–Crippen LogP) is 1.52. The minimum Gasteiger partial charge on any atom is -0.462 e. The van der Waals surface area contributed by atoms with Crippen LogP contribution in [0.1, 0.15) is 41.4 Å². The lowest BCUT2D eigenvalue weighted by atomic mass is 10.1. The number of hydrogen-bond donors (Lipinski definition) is 2. The monoisotopic (exact) mass is 362 g/mol. The maximum atomic E-state index is 11.8. The number of nitrogens with one attached hydrogen (secondary N) is 2. The molecule has 1 heterocycles. The zero-order valence-electron chi connectivity index (χ0n) is 13.9. The molecule has 1 aliphatic rings. The summed E-state index contributed by atoms with van der Waals surface area (Å²) in [5.41, 5.74) is 0.803. The van der Waals surface area contributed by atoms with E-state index < -0.39 is 17.9 Å². The number of nitrogens with zero attached hydrogens (tertiary/aromatic N) is 2. The average Bonchev–Trinajstić information content (AvgIpc) is 3.36. The number of carbonyl (C=O) groups excluding carboxylic acids is 3. The van der Waals surface area contributed by atoms with E-state index in [4.69, 9.17) is 4.74 Å². The van der Waals surface area contributed by atoms with Crippen LogP contribution < -0.4 is 10.6 Å². The second kappa shape index (κ2) is 8.48. The largest absolute Gasteiger partial charge is 0.462 e. The number of nitriles is 1. The quantitative estimate of drug-likeness (QED) is 0.581. The van der Waals surface area contributed by atoms with Crippen molar-refractivity contribution in [1.29, 1.82) is 5.26 Å². The molecule has 1 saturated carbocycles.